The van der Waals surface area contributed by atoms with Crippen molar-refractivity contribution in [1.82, 2.24) is 9.88 Å². The molecule has 0 fully saturated rings. The topological polar surface area (TPSA) is 34.6 Å². The van der Waals surface area contributed by atoms with Gasteiger partial charge in [-0.2, -0.15) is 0 Å². The molecule has 0 radical (unpaired) electrons. The molecule has 5 heteroatoms. The average molecular weight is 381 g/mol. The van der Waals surface area contributed by atoms with Crippen LogP contribution >= 0.6 is 11.6 Å². The second-order valence-electron chi connectivity index (χ2n) is 6.59. The number of hydrogen-bond acceptors (Lipinski definition) is 4. The van der Waals surface area contributed by atoms with Crippen LogP contribution in [0.4, 0.5) is 0 Å². The Morgan fingerprint density at radius 1 is 1.15 bits per heavy atom. The van der Waals surface area contributed by atoms with Crippen molar-refractivity contribution in [3.63, 3.8) is 0 Å². The van der Waals surface area contributed by atoms with Gasteiger partial charge in [0.15, 0.2) is 11.5 Å². The highest BCUT2D eigenvalue weighted by Crippen LogP contribution is 2.38. The maximum absolute atomic E-state index is 6.05. The molecule has 0 spiro atoms. The Labute approximate surface area is 164 Å². The zero-order chi connectivity index (χ0) is 18.6. The predicted octanol–water partition coefficient (Wildman–Crippen LogP) is 4.81. The average Bonchev–Trinajstić information content (AvgIpc) is 2.90. The number of rotatable bonds is 4. The molecule has 0 saturated carbocycles. The van der Waals surface area contributed by atoms with E-state index in [1.54, 1.807) is 13.3 Å². The van der Waals surface area contributed by atoms with Crippen molar-refractivity contribution in [2.24, 2.45) is 0 Å². The number of pyridine rings is 1. The molecule has 0 bridgehead atoms. The van der Waals surface area contributed by atoms with E-state index in [0.717, 1.165) is 52.8 Å². The number of methoxy groups -OCH3 is 1. The summed E-state index contributed by atoms with van der Waals surface area (Å²) in [5.74, 6) is 1.60. The number of benzene rings is 2. The van der Waals surface area contributed by atoms with Gasteiger partial charge in [-0.25, -0.2) is 0 Å². The molecule has 3 aromatic rings. The molecule has 0 amide bonds. The van der Waals surface area contributed by atoms with E-state index in [4.69, 9.17) is 21.1 Å². The van der Waals surface area contributed by atoms with Crippen LogP contribution in [0.5, 0.6) is 11.5 Å². The molecule has 4 rings (SSSR count). The molecule has 0 aliphatic carbocycles. The summed E-state index contributed by atoms with van der Waals surface area (Å²) < 4.78 is 11.7. The number of aromatic nitrogens is 1. The van der Waals surface area contributed by atoms with Gasteiger partial charge in [0.05, 0.1) is 7.11 Å². The standard InChI is InChI=1S/C22H21ClN2O2/c1-26-21-12-18(17-4-6-20(23)7-5-17)11-19-15-25(9-10-27-22(19)21)14-16-3-2-8-24-13-16/h2-8,11-13H,9-10,14-15H2,1H3. The van der Waals surface area contributed by atoms with Crippen molar-refractivity contribution in [2.75, 3.05) is 20.3 Å². The van der Waals surface area contributed by atoms with E-state index in [1.165, 1.54) is 5.56 Å². The van der Waals surface area contributed by atoms with E-state index in [1.807, 2.05) is 42.6 Å². The molecular weight excluding hydrogens is 360 g/mol. The Morgan fingerprint density at radius 2 is 2.00 bits per heavy atom. The predicted molar refractivity (Wildman–Crippen MR) is 107 cm³/mol. The second-order valence-corrected chi connectivity index (χ2v) is 7.03. The van der Waals surface area contributed by atoms with E-state index in [2.05, 4.69) is 22.0 Å². The molecule has 138 valence electrons. The summed E-state index contributed by atoms with van der Waals surface area (Å²) in [5.41, 5.74) is 4.51. The van der Waals surface area contributed by atoms with Gasteiger partial charge in [0.1, 0.15) is 6.61 Å². The summed E-state index contributed by atoms with van der Waals surface area (Å²) in [6.45, 7) is 3.11. The number of fused-ring (bicyclic) bond motifs is 1. The lowest BCUT2D eigenvalue weighted by atomic mass is 10.0. The van der Waals surface area contributed by atoms with Gasteiger partial charge >= 0.3 is 0 Å². The van der Waals surface area contributed by atoms with Crippen LogP contribution in [0.25, 0.3) is 11.1 Å². The van der Waals surface area contributed by atoms with Crippen LogP contribution in [0.15, 0.2) is 60.9 Å². The molecule has 1 aliphatic rings. The zero-order valence-corrected chi connectivity index (χ0v) is 15.9. The molecule has 1 aliphatic heterocycles. The van der Waals surface area contributed by atoms with Crippen LogP contribution < -0.4 is 9.47 Å². The first-order chi connectivity index (χ1) is 13.2. The van der Waals surface area contributed by atoms with E-state index >= 15 is 0 Å². The summed E-state index contributed by atoms with van der Waals surface area (Å²) in [6, 6.07) is 16.1. The van der Waals surface area contributed by atoms with Crippen LogP contribution in [-0.2, 0) is 13.1 Å². The van der Waals surface area contributed by atoms with Gasteiger partial charge in [-0.3, -0.25) is 9.88 Å². The minimum Gasteiger partial charge on any atom is -0.493 e. The number of hydrogen-bond donors (Lipinski definition) is 0. The van der Waals surface area contributed by atoms with Gasteiger partial charge in [-0.1, -0.05) is 29.8 Å². The molecule has 0 atom stereocenters. The third kappa shape index (κ3) is 4.07. The lowest BCUT2D eigenvalue weighted by Crippen LogP contribution is -2.25. The first kappa shape index (κ1) is 17.8. The van der Waals surface area contributed by atoms with Gasteiger partial charge in [-0.15, -0.1) is 0 Å². The monoisotopic (exact) mass is 380 g/mol. The molecule has 27 heavy (non-hydrogen) atoms. The van der Waals surface area contributed by atoms with Crippen molar-refractivity contribution in [2.45, 2.75) is 13.1 Å². The molecule has 1 aromatic heterocycles. The molecular formula is C22H21ClN2O2. The third-order valence-electron chi connectivity index (χ3n) is 4.71. The molecule has 2 aromatic carbocycles. The van der Waals surface area contributed by atoms with Gasteiger partial charge in [0.2, 0.25) is 0 Å². The third-order valence-corrected chi connectivity index (χ3v) is 4.96. The Balaban J connectivity index is 1.67. The summed E-state index contributed by atoms with van der Waals surface area (Å²) in [4.78, 5) is 6.59. The summed E-state index contributed by atoms with van der Waals surface area (Å²) in [7, 11) is 1.68. The largest absolute Gasteiger partial charge is 0.493 e. The summed E-state index contributed by atoms with van der Waals surface area (Å²) in [6.07, 6.45) is 3.71. The first-order valence-electron chi connectivity index (χ1n) is 8.94. The van der Waals surface area contributed by atoms with E-state index < -0.39 is 0 Å². The Kier molecular flexibility index (Phi) is 5.28. The van der Waals surface area contributed by atoms with Gasteiger partial charge in [0.25, 0.3) is 0 Å². The second kappa shape index (κ2) is 7.99. The highest BCUT2D eigenvalue weighted by molar-refractivity contribution is 6.30. The molecule has 2 heterocycles. The minimum atomic E-state index is 0.629. The molecule has 4 nitrogen and oxygen atoms in total. The molecule has 0 unspecified atom stereocenters. The van der Waals surface area contributed by atoms with E-state index in [9.17, 15) is 0 Å². The maximum Gasteiger partial charge on any atom is 0.165 e. The molecule has 0 saturated heterocycles. The van der Waals surface area contributed by atoms with Crippen LogP contribution in [0.2, 0.25) is 5.02 Å². The number of halogens is 1. The summed E-state index contributed by atoms with van der Waals surface area (Å²) in [5, 5.41) is 0.728. The van der Waals surface area contributed by atoms with E-state index in [-0.39, 0.29) is 0 Å². The lowest BCUT2D eigenvalue weighted by molar-refractivity contribution is 0.216. The van der Waals surface area contributed by atoms with Crippen LogP contribution in [-0.4, -0.2) is 30.1 Å². The van der Waals surface area contributed by atoms with Gasteiger partial charge < -0.3 is 9.47 Å². The fourth-order valence-corrected chi connectivity index (χ4v) is 3.51. The van der Waals surface area contributed by atoms with Crippen molar-refractivity contribution >= 4 is 11.6 Å². The Bertz CT molecular complexity index is 914. The van der Waals surface area contributed by atoms with E-state index in [0.29, 0.717) is 6.61 Å². The summed E-state index contributed by atoms with van der Waals surface area (Å²) >= 11 is 6.03. The fourth-order valence-electron chi connectivity index (χ4n) is 3.38. The van der Waals surface area contributed by atoms with Crippen LogP contribution in [0, 0.1) is 0 Å². The highest BCUT2D eigenvalue weighted by Gasteiger charge is 2.20. The van der Waals surface area contributed by atoms with Crippen molar-refractivity contribution in [1.29, 1.82) is 0 Å². The van der Waals surface area contributed by atoms with Gasteiger partial charge in [0, 0.05) is 42.6 Å². The Hall–Kier alpha value is -2.56. The smallest absolute Gasteiger partial charge is 0.165 e. The normalized spacial score (nSPS) is 14.1. The van der Waals surface area contributed by atoms with Gasteiger partial charge in [-0.05, 0) is 47.0 Å². The van der Waals surface area contributed by atoms with Crippen LogP contribution in [0.1, 0.15) is 11.1 Å². The van der Waals surface area contributed by atoms with Crippen molar-refractivity contribution < 1.29 is 9.47 Å². The fraction of sp³-hybridized carbons (Fsp3) is 0.227. The Morgan fingerprint density at radius 3 is 2.74 bits per heavy atom. The van der Waals surface area contributed by atoms with Crippen molar-refractivity contribution in [3.8, 4) is 22.6 Å². The quantitative estimate of drug-likeness (QED) is 0.650. The minimum absolute atomic E-state index is 0.629. The lowest BCUT2D eigenvalue weighted by Gasteiger charge is -2.19. The number of ether oxygens (including phenoxy) is 2. The SMILES string of the molecule is COc1cc(-c2ccc(Cl)cc2)cc2c1OCCN(Cc1cccnc1)C2. The van der Waals surface area contributed by atoms with Crippen LogP contribution in [0.3, 0.4) is 0 Å². The number of nitrogens with zero attached hydrogens (tertiary/aromatic N) is 2. The molecule has 0 N–H and O–H groups in total. The highest BCUT2D eigenvalue weighted by atomic mass is 35.5. The zero-order valence-electron chi connectivity index (χ0n) is 15.2. The van der Waals surface area contributed by atoms with Crippen molar-refractivity contribution in [3.05, 3.63) is 77.1 Å². The first-order valence-corrected chi connectivity index (χ1v) is 9.31. The maximum atomic E-state index is 6.05.